The number of halogens is 1. The van der Waals surface area contributed by atoms with Crippen molar-refractivity contribution >= 4 is 11.9 Å². The summed E-state index contributed by atoms with van der Waals surface area (Å²) in [5.74, 6) is 0.383. The van der Waals surface area contributed by atoms with E-state index in [4.69, 9.17) is 15.2 Å². The van der Waals surface area contributed by atoms with E-state index in [0.29, 0.717) is 18.3 Å². The number of guanidine groups is 1. The zero-order chi connectivity index (χ0) is 20.5. The molecular formula is C20H25FN4O3. The summed E-state index contributed by atoms with van der Waals surface area (Å²) < 4.78 is 24.2. The van der Waals surface area contributed by atoms with Crippen molar-refractivity contribution in [1.82, 2.24) is 10.6 Å². The monoisotopic (exact) mass is 388 g/mol. The Morgan fingerprint density at radius 1 is 1.29 bits per heavy atom. The van der Waals surface area contributed by atoms with Gasteiger partial charge in [-0.25, -0.2) is 4.39 Å². The van der Waals surface area contributed by atoms with Crippen LogP contribution < -0.4 is 25.8 Å². The van der Waals surface area contributed by atoms with Crippen LogP contribution in [0.2, 0.25) is 0 Å². The number of hydrogen-bond donors (Lipinski definition) is 3. The van der Waals surface area contributed by atoms with Crippen LogP contribution in [0, 0.1) is 5.82 Å². The van der Waals surface area contributed by atoms with Gasteiger partial charge in [0.2, 0.25) is 0 Å². The summed E-state index contributed by atoms with van der Waals surface area (Å²) in [5.41, 5.74) is 6.79. The van der Waals surface area contributed by atoms with Gasteiger partial charge in [-0.3, -0.25) is 9.79 Å². The summed E-state index contributed by atoms with van der Waals surface area (Å²) in [6.07, 6.45) is 0. The number of amides is 1. The van der Waals surface area contributed by atoms with E-state index in [2.05, 4.69) is 15.6 Å². The van der Waals surface area contributed by atoms with E-state index in [1.54, 1.807) is 25.2 Å². The van der Waals surface area contributed by atoms with Gasteiger partial charge in [0, 0.05) is 13.6 Å². The zero-order valence-corrected chi connectivity index (χ0v) is 16.2. The molecule has 0 heterocycles. The first-order valence-corrected chi connectivity index (χ1v) is 8.73. The number of rotatable bonds is 8. The first kappa shape index (κ1) is 21.0. The molecule has 2 rings (SSSR count). The number of carbonyl (C=O) groups is 1. The molecule has 0 fully saturated rings. The van der Waals surface area contributed by atoms with Crippen LogP contribution in [-0.2, 0) is 11.3 Å². The van der Waals surface area contributed by atoms with Crippen LogP contribution in [0.3, 0.4) is 0 Å². The van der Waals surface area contributed by atoms with Gasteiger partial charge < -0.3 is 25.8 Å². The zero-order valence-electron chi connectivity index (χ0n) is 16.2. The van der Waals surface area contributed by atoms with Gasteiger partial charge in [-0.1, -0.05) is 18.2 Å². The molecule has 8 heteroatoms. The summed E-state index contributed by atoms with van der Waals surface area (Å²) in [5, 5.41) is 6.40. The van der Waals surface area contributed by atoms with Gasteiger partial charge in [0.25, 0.3) is 5.91 Å². The Morgan fingerprint density at radius 2 is 2.07 bits per heavy atom. The summed E-state index contributed by atoms with van der Waals surface area (Å²) >= 11 is 0. The molecule has 0 aromatic heterocycles. The SMILES string of the molecule is CN=C(NCc1cccc(OCC(N)=O)c1)NC(C)c1ccc(OC)c(F)c1. The van der Waals surface area contributed by atoms with Crippen LogP contribution in [0.25, 0.3) is 0 Å². The van der Waals surface area contributed by atoms with Crippen molar-refractivity contribution in [3.05, 3.63) is 59.4 Å². The summed E-state index contributed by atoms with van der Waals surface area (Å²) in [6.45, 7) is 2.22. The average molecular weight is 388 g/mol. The minimum atomic E-state index is -0.530. The lowest BCUT2D eigenvalue weighted by molar-refractivity contribution is -0.119. The maximum Gasteiger partial charge on any atom is 0.255 e. The number of benzene rings is 2. The van der Waals surface area contributed by atoms with Crippen LogP contribution in [0.5, 0.6) is 11.5 Å². The van der Waals surface area contributed by atoms with Gasteiger partial charge in [0.1, 0.15) is 5.75 Å². The third kappa shape index (κ3) is 6.15. The van der Waals surface area contributed by atoms with Crippen molar-refractivity contribution in [2.24, 2.45) is 10.7 Å². The third-order valence-corrected chi connectivity index (χ3v) is 3.99. The molecule has 0 radical (unpaired) electrons. The molecule has 1 unspecified atom stereocenters. The molecule has 4 N–H and O–H groups in total. The fourth-order valence-electron chi connectivity index (χ4n) is 2.52. The summed E-state index contributed by atoms with van der Waals surface area (Å²) in [4.78, 5) is 15.0. The Labute approximate surface area is 163 Å². The summed E-state index contributed by atoms with van der Waals surface area (Å²) in [6, 6.07) is 12.0. The second kappa shape index (κ2) is 10.1. The molecule has 0 saturated carbocycles. The first-order valence-electron chi connectivity index (χ1n) is 8.73. The number of nitrogens with zero attached hydrogens (tertiary/aromatic N) is 1. The molecule has 0 aliphatic heterocycles. The largest absolute Gasteiger partial charge is 0.494 e. The minimum absolute atomic E-state index is 0.170. The molecule has 7 nitrogen and oxygen atoms in total. The number of hydrogen-bond acceptors (Lipinski definition) is 4. The Bertz CT molecular complexity index is 842. The van der Waals surface area contributed by atoms with Gasteiger partial charge in [-0.2, -0.15) is 0 Å². The molecule has 0 bridgehead atoms. The Morgan fingerprint density at radius 3 is 2.71 bits per heavy atom. The molecular weight excluding hydrogens is 363 g/mol. The number of nitrogens with one attached hydrogen (secondary N) is 2. The maximum absolute atomic E-state index is 13.9. The normalized spacial score (nSPS) is 12.2. The Hall–Kier alpha value is -3.29. The fourth-order valence-corrected chi connectivity index (χ4v) is 2.52. The molecule has 150 valence electrons. The van der Waals surface area contributed by atoms with E-state index in [1.807, 2.05) is 25.1 Å². The molecule has 1 amide bonds. The quantitative estimate of drug-likeness (QED) is 0.475. The van der Waals surface area contributed by atoms with Crippen molar-refractivity contribution in [3.8, 4) is 11.5 Å². The number of carbonyl (C=O) groups excluding carboxylic acids is 1. The maximum atomic E-state index is 13.9. The van der Waals surface area contributed by atoms with Crippen LogP contribution >= 0.6 is 0 Å². The van der Waals surface area contributed by atoms with Crippen molar-refractivity contribution in [3.63, 3.8) is 0 Å². The van der Waals surface area contributed by atoms with Crippen molar-refractivity contribution in [2.45, 2.75) is 19.5 Å². The average Bonchev–Trinajstić information content (AvgIpc) is 2.69. The topological polar surface area (TPSA) is 98.0 Å². The lowest BCUT2D eigenvalue weighted by Gasteiger charge is -2.19. The lowest BCUT2D eigenvalue weighted by atomic mass is 10.1. The van der Waals surface area contributed by atoms with E-state index >= 15 is 0 Å². The molecule has 0 saturated heterocycles. The number of nitrogens with two attached hydrogens (primary N) is 1. The van der Waals surface area contributed by atoms with Gasteiger partial charge in [0.05, 0.1) is 13.2 Å². The number of ether oxygens (including phenoxy) is 2. The smallest absolute Gasteiger partial charge is 0.255 e. The molecule has 0 spiro atoms. The predicted molar refractivity (Wildman–Crippen MR) is 106 cm³/mol. The van der Waals surface area contributed by atoms with E-state index < -0.39 is 11.7 Å². The van der Waals surface area contributed by atoms with Crippen molar-refractivity contribution < 1.29 is 18.7 Å². The standard InChI is InChI=1S/C20H25FN4O3/c1-13(15-7-8-18(27-3)17(21)10-15)25-20(23-2)24-11-14-5-4-6-16(9-14)28-12-19(22)26/h4-10,13H,11-12H2,1-3H3,(H2,22,26)(H2,23,24,25). The van der Waals surface area contributed by atoms with Crippen LogP contribution in [0.4, 0.5) is 4.39 Å². The highest BCUT2D eigenvalue weighted by molar-refractivity contribution is 5.80. The highest BCUT2D eigenvalue weighted by Crippen LogP contribution is 2.21. The van der Waals surface area contributed by atoms with Gasteiger partial charge in [-0.15, -0.1) is 0 Å². The van der Waals surface area contributed by atoms with Gasteiger partial charge in [0.15, 0.2) is 24.1 Å². The van der Waals surface area contributed by atoms with E-state index in [9.17, 15) is 9.18 Å². The number of aliphatic imine (C=N–C) groups is 1. The fraction of sp³-hybridized carbons (Fsp3) is 0.300. The highest BCUT2D eigenvalue weighted by Gasteiger charge is 2.11. The molecule has 28 heavy (non-hydrogen) atoms. The van der Waals surface area contributed by atoms with Crippen LogP contribution in [-0.4, -0.2) is 32.6 Å². The van der Waals surface area contributed by atoms with Crippen molar-refractivity contribution in [2.75, 3.05) is 20.8 Å². The van der Waals surface area contributed by atoms with Gasteiger partial charge in [-0.05, 0) is 42.3 Å². The number of methoxy groups -OCH3 is 1. The predicted octanol–water partition coefficient (Wildman–Crippen LogP) is 2.12. The molecule has 0 aliphatic rings. The van der Waals surface area contributed by atoms with Crippen LogP contribution in [0.15, 0.2) is 47.5 Å². The van der Waals surface area contributed by atoms with Crippen LogP contribution in [0.1, 0.15) is 24.1 Å². The first-order chi connectivity index (χ1) is 13.4. The summed E-state index contributed by atoms with van der Waals surface area (Å²) in [7, 11) is 3.09. The lowest BCUT2D eigenvalue weighted by Crippen LogP contribution is -2.38. The van der Waals surface area contributed by atoms with E-state index in [1.165, 1.54) is 13.2 Å². The molecule has 2 aromatic rings. The minimum Gasteiger partial charge on any atom is -0.494 e. The Kier molecular flexibility index (Phi) is 7.62. The molecule has 0 aliphatic carbocycles. The van der Waals surface area contributed by atoms with Gasteiger partial charge >= 0.3 is 0 Å². The number of primary amides is 1. The van der Waals surface area contributed by atoms with E-state index in [0.717, 1.165) is 11.1 Å². The van der Waals surface area contributed by atoms with Crippen molar-refractivity contribution in [1.29, 1.82) is 0 Å². The third-order valence-electron chi connectivity index (χ3n) is 3.99. The highest BCUT2D eigenvalue weighted by atomic mass is 19.1. The Balaban J connectivity index is 1.95. The second-order valence-electron chi connectivity index (χ2n) is 6.09. The molecule has 1 atom stereocenters. The molecule has 2 aromatic carbocycles. The second-order valence-corrected chi connectivity index (χ2v) is 6.09. The van der Waals surface area contributed by atoms with E-state index in [-0.39, 0.29) is 18.4 Å².